The minimum atomic E-state index is -4.56. The molecule has 2 saturated heterocycles. The highest BCUT2D eigenvalue weighted by atomic mass is 19.4. The summed E-state index contributed by atoms with van der Waals surface area (Å²) < 4.78 is 53.7. The molecule has 1 N–H and O–H groups in total. The topological polar surface area (TPSA) is 83.2 Å². The molecule has 30 heavy (non-hydrogen) atoms. The van der Waals surface area contributed by atoms with Gasteiger partial charge in [0.2, 0.25) is 5.91 Å². The van der Waals surface area contributed by atoms with Crippen molar-refractivity contribution in [1.29, 1.82) is 10.5 Å². The molecule has 3 fully saturated rings. The van der Waals surface area contributed by atoms with Crippen LogP contribution in [0.3, 0.4) is 0 Å². The van der Waals surface area contributed by atoms with Crippen molar-refractivity contribution in [1.82, 2.24) is 10.2 Å². The number of likely N-dealkylation sites (tertiary alicyclic amines) is 1. The molecule has 0 bridgehead atoms. The number of alkyl halides is 4. The maximum atomic E-state index is 13.5. The summed E-state index contributed by atoms with van der Waals surface area (Å²) in [5.74, 6) is -0.0995. The van der Waals surface area contributed by atoms with Crippen LogP contribution in [0.25, 0.3) is 0 Å². The number of benzene rings is 1. The molecule has 1 aromatic carbocycles. The molecular weight excluding hydrogens is 402 g/mol. The van der Waals surface area contributed by atoms with Crippen LogP contribution < -0.4 is 10.2 Å². The molecule has 1 aliphatic carbocycles. The van der Waals surface area contributed by atoms with Crippen molar-refractivity contribution in [2.24, 2.45) is 11.8 Å². The number of piperidine rings is 1. The van der Waals surface area contributed by atoms with E-state index < -0.39 is 24.0 Å². The van der Waals surface area contributed by atoms with E-state index in [9.17, 15) is 22.4 Å². The van der Waals surface area contributed by atoms with Gasteiger partial charge in [-0.25, -0.2) is 4.39 Å². The minimum Gasteiger partial charge on any atom is -0.370 e. The van der Waals surface area contributed by atoms with Crippen LogP contribution >= 0.6 is 0 Å². The van der Waals surface area contributed by atoms with Crippen LogP contribution in [0, 0.1) is 34.5 Å². The molecule has 4 rings (SSSR count). The summed E-state index contributed by atoms with van der Waals surface area (Å²) in [6, 6.07) is 6.52. The van der Waals surface area contributed by atoms with Gasteiger partial charge in [-0.3, -0.25) is 4.79 Å². The molecule has 1 amide bonds. The summed E-state index contributed by atoms with van der Waals surface area (Å²) in [5, 5.41) is 21.0. The lowest BCUT2D eigenvalue weighted by Crippen LogP contribution is -2.43. The highest BCUT2D eigenvalue weighted by Gasteiger charge is 2.56. The zero-order chi connectivity index (χ0) is 21.6. The van der Waals surface area contributed by atoms with Crippen LogP contribution in [0.1, 0.15) is 17.5 Å². The van der Waals surface area contributed by atoms with Crippen molar-refractivity contribution in [3.63, 3.8) is 0 Å². The second-order valence-electron chi connectivity index (χ2n) is 8.00. The Kier molecular flexibility index (Phi) is 5.07. The van der Waals surface area contributed by atoms with Crippen molar-refractivity contribution in [3.8, 4) is 12.1 Å². The molecule has 1 saturated carbocycles. The van der Waals surface area contributed by atoms with Gasteiger partial charge >= 0.3 is 6.18 Å². The molecule has 2 unspecified atom stereocenters. The average Bonchev–Trinajstić information content (AvgIpc) is 3.04. The van der Waals surface area contributed by atoms with Crippen molar-refractivity contribution in [3.05, 3.63) is 29.3 Å². The van der Waals surface area contributed by atoms with Gasteiger partial charge in [-0.2, -0.15) is 23.7 Å². The monoisotopic (exact) mass is 421 g/mol. The molecule has 2 heterocycles. The van der Waals surface area contributed by atoms with E-state index in [1.807, 2.05) is 6.07 Å². The van der Waals surface area contributed by atoms with Crippen LogP contribution in [0.5, 0.6) is 0 Å². The van der Waals surface area contributed by atoms with Crippen LogP contribution in [0.2, 0.25) is 0 Å². The number of amides is 1. The Morgan fingerprint density at radius 3 is 2.50 bits per heavy atom. The maximum Gasteiger partial charge on any atom is 0.418 e. The lowest BCUT2D eigenvalue weighted by molar-refractivity contribution is -0.137. The Bertz CT molecular complexity index is 925. The zero-order valence-electron chi connectivity index (χ0n) is 15.9. The van der Waals surface area contributed by atoms with E-state index in [0.717, 1.165) is 6.07 Å². The fraction of sp³-hybridized carbons (Fsp3) is 0.550. The minimum absolute atomic E-state index is 0.0160. The first-order valence-electron chi connectivity index (χ1n) is 9.65. The van der Waals surface area contributed by atoms with Crippen molar-refractivity contribution in [2.75, 3.05) is 31.1 Å². The Hall–Kier alpha value is -2.85. The first-order valence-corrected chi connectivity index (χ1v) is 9.65. The number of nitrogens with zero attached hydrogens (tertiary/aromatic N) is 4. The Balaban J connectivity index is 1.34. The van der Waals surface area contributed by atoms with E-state index in [0.29, 0.717) is 13.1 Å². The zero-order valence-corrected chi connectivity index (χ0v) is 15.9. The molecule has 4 atom stereocenters. The van der Waals surface area contributed by atoms with Crippen LogP contribution in [0.4, 0.5) is 23.2 Å². The second-order valence-corrected chi connectivity index (χ2v) is 8.00. The normalized spacial score (nSPS) is 30.0. The first kappa shape index (κ1) is 20.4. The number of halogens is 4. The Labute approximate surface area is 170 Å². The predicted molar refractivity (Wildman–Crippen MR) is 97.8 cm³/mol. The Morgan fingerprint density at radius 1 is 1.20 bits per heavy atom. The van der Waals surface area contributed by atoms with Gasteiger partial charge in [0, 0.05) is 31.2 Å². The van der Waals surface area contributed by atoms with E-state index in [2.05, 4.69) is 5.32 Å². The molecule has 0 spiro atoms. The quantitative estimate of drug-likeness (QED) is 0.753. The lowest BCUT2D eigenvalue weighted by atomic mass is 10.1. The smallest absolute Gasteiger partial charge is 0.370 e. The summed E-state index contributed by atoms with van der Waals surface area (Å²) in [7, 11) is 0. The Morgan fingerprint density at radius 2 is 1.90 bits per heavy atom. The van der Waals surface area contributed by atoms with Gasteiger partial charge in [-0.05, 0) is 30.0 Å². The molecule has 1 aromatic rings. The summed E-state index contributed by atoms with van der Waals surface area (Å²) in [5.41, 5.74) is -0.798. The summed E-state index contributed by atoms with van der Waals surface area (Å²) in [4.78, 5) is 15.2. The van der Waals surface area contributed by atoms with Gasteiger partial charge in [0.05, 0.1) is 36.4 Å². The van der Waals surface area contributed by atoms with Gasteiger partial charge in [0.15, 0.2) is 0 Å². The third-order valence-electron chi connectivity index (χ3n) is 6.17. The van der Waals surface area contributed by atoms with Gasteiger partial charge in [-0.1, -0.05) is 0 Å². The number of nitrogens with one attached hydrogen (secondary N) is 1. The van der Waals surface area contributed by atoms with Crippen LogP contribution in [-0.4, -0.2) is 55.2 Å². The summed E-state index contributed by atoms with van der Waals surface area (Å²) in [6.45, 7) is 0.737. The number of anilines is 1. The molecule has 10 heteroatoms. The molecule has 0 radical (unpaired) electrons. The molecule has 158 valence electrons. The number of carbonyl (C=O) groups is 1. The molecular formula is C20H19F4N5O. The third kappa shape index (κ3) is 3.68. The lowest BCUT2D eigenvalue weighted by Gasteiger charge is -2.26. The van der Waals surface area contributed by atoms with Gasteiger partial charge in [0.1, 0.15) is 12.2 Å². The van der Waals surface area contributed by atoms with Crippen LogP contribution in [-0.2, 0) is 11.0 Å². The number of rotatable bonds is 4. The van der Waals surface area contributed by atoms with Crippen molar-refractivity contribution < 1.29 is 22.4 Å². The van der Waals surface area contributed by atoms with Gasteiger partial charge in [0.25, 0.3) is 0 Å². The van der Waals surface area contributed by atoms with E-state index in [1.54, 1.807) is 11.0 Å². The van der Waals surface area contributed by atoms with E-state index in [1.165, 1.54) is 17.0 Å². The number of fused-ring (bicyclic) bond motifs is 1. The van der Waals surface area contributed by atoms with Crippen molar-refractivity contribution in [2.45, 2.75) is 30.9 Å². The van der Waals surface area contributed by atoms with E-state index >= 15 is 0 Å². The van der Waals surface area contributed by atoms with E-state index in [-0.39, 0.29) is 54.5 Å². The van der Waals surface area contributed by atoms with Crippen molar-refractivity contribution >= 4 is 11.6 Å². The number of hydrogen-bond donors (Lipinski definition) is 1. The SMILES string of the molecule is N#Cc1ccc(N2CC3C(C2)C3NCC(=O)N2C[C@@H](F)C[C@H]2C#N)c(C(F)(F)F)c1. The second kappa shape index (κ2) is 7.44. The molecule has 0 aromatic heterocycles. The highest BCUT2D eigenvalue weighted by molar-refractivity contribution is 5.79. The standard InChI is InChI=1S/C20H19F4N5O/c21-12-4-13(6-26)29(8-12)18(30)7-27-19-14-9-28(10-15(14)19)17-2-1-11(5-25)3-16(17)20(22,23)24/h1-3,12-15,19,27H,4,7-10H2/t12-,13-,14?,15?,19?/m0/s1. The van der Waals surface area contributed by atoms with Gasteiger partial charge in [-0.15, -0.1) is 0 Å². The number of carbonyl (C=O) groups excluding carboxylic acids is 1. The first-order chi connectivity index (χ1) is 14.2. The molecule has 2 aliphatic heterocycles. The summed E-state index contributed by atoms with van der Waals surface area (Å²) >= 11 is 0. The highest BCUT2D eigenvalue weighted by Crippen LogP contribution is 2.48. The number of nitriles is 2. The molecule has 6 nitrogen and oxygen atoms in total. The molecule has 3 aliphatic rings. The predicted octanol–water partition coefficient (Wildman–Crippen LogP) is 2.06. The third-order valence-corrected chi connectivity index (χ3v) is 6.17. The van der Waals surface area contributed by atoms with Crippen LogP contribution in [0.15, 0.2) is 18.2 Å². The summed E-state index contributed by atoms with van der Waals surface area (Å²) in [6.07, 6.45) is -5.72. The fourth-order valence-electron chi connectivity index (χ4n) is 4.62. The number of hydrogen-bond acceptors (Lipinski definition) is 5. The van der Waals surface area contributed by atoms with E-state index in [4.69, 9.17) is 10.5 Å². The maximum absolute atomic E-state index is 13.5. The largest absolute Gasteiger partial charge is 0.418 e. The fourth-order valence-corrected chi connectivity index (χ4v) is 4.62. The average molecular weight is 421 g/mol. The van der Waals surface area contributed by atoms with Gasteiger partial charge < -0.3 is 15.1 Å².